The van der Waals surface area contributed by atoms with Crippen LogP contribution >= 0.6 is 0 Å². The quantitative estimate of drug-likeness (QED) is 0.607. The Morgan fingerprint density at radius 3 is 1.40 bits per heavy atom. The molecule has 0 aliphatic heterocycles. The highest BCUT2D eigenvalue weighted by atomic mass is 16.5. The normalized spacial score (nSPS) is 14.6. The Morgan fingerprint density at radius 2 is 1.25 bits per heavy atom. The van der Waals surface area contributed by atoms with Gasteiger partial charge in [-0.1, -0.05) is 41.5 Å². The maximum absolute atomic E-state index is 11.8. The number of aliphatic carboxylic acids is 2. The molecule has 116 valence electrons. The highest BCUT2D eigenvalue weighted by molar-refractivity contribution is 6.00. The second-order valence-electron chi connectivity index (χ2n) is 7.02. The molecular formula is C14H24O6. The molecule has 0 spiro atoms. The first-order valence-corrected chi connectivity index (χ1v) is 6.33. The molecule has 0 saturated heterocycles. The minimum atomic E-state index is -2.24. The Bertz CT molecular complexity index is 396. The molecule has 6 heteroatoms. The van der Waals surface area contributed by atoms with Crippen LogP contribution in [0.4, 0.5) is 0 Å². The van der Waals surface area contributed by atoms with Crippen molar-refractivity contribution in [2.45, 2.75) is 54.6 Å². The van der Waals surface area contributed by atoms with E-state index >= 15 is 0 Å². The average Bonchev–Trinajstić information content (AvgIpc) is 2.10. The number of carbonyl (C=O) groups excluding carboxylic acids is 1. The van der Waals surface area contributed by atoms with Crippen molar-refractivity contribution in [2.75, 3.05) is 0 Å². The van der Waals surface area contributed by atoms with E-state index in [1.807, 2.05) is 0 Å². The molecule has 1 atom stereocenters. The molecule has 0 bridgehead atoms. The van der Waals surface area contributed by atoms with Gasteiger partial charge in [0.25, 0.3) is 0 Å². The highest BCUT2D eigenvalue weighted by Crippen LogP contribution is 2.49. The summed E-state index contributed by atoms with van der Waals surface area (Å²) < 4.78 is 5.13. The van der Waals surface area contributed by atoms with Crippen molar-refractivity contribution in [2.24, 2.45) is 16.2 Å². The SMILES string of the molecule is CC(=O)OC(C(C)(C)C)C(C(=O)O)(C(=O)O)C(C)(C)C. The number of carboxylic acid groups (broad SMARTS) is 2. The van der Waals surface area contributed by atoms with Gasteiger partial charge < -0.3 is 14.9 Å². The Labute approximate surface area is 119 Å². The molecule has 0 aliphatic carbocycles. The number of carbonyl (C=O) groups is 3. The number of rotatable bonds is 4. The molecule has 0 rings (SSSR count). The molecular weight excluding hydrogens is 264 g/mol. The number of hydrogen-bond donors (Lipinski definition) is 2. The van der Waals surface area contributed by atoms with E-state index in [0.29, 0.717) is 0 Å². The van der Waals surface area contributed by atoms with E-state index in [-0.39, 0.29) is 0 Å². The van der Waals surface area contributed by atoms with E-state index in [0.717, 1.165) is 6.92 Å². The van der Waals surface area contributed by atoms with Crippen molar-refractivity contribution in [3.05, 3.63) is 0 Å². The van der Waals surface area contributed by atoms with Crippen LogP contribution in [-0.4, -0.2) is 34.2 Å². The van der Waals surface area contributed by atoms with Crippen molar-refractivity contribution in [1.29, 1.82) is 0 Å². The molecule has 20 heavy (non-hydrogen) atoms. The maximum Gasteiger partial charge on any atom is 0.325 e. The minimum absolute atomic E-state index is 0.707. The lowest BCUT2D eigenvalue weighted by molar-refractivity contribution is -0.203. The summed E-state index contributed by atoms with van der Waals surface area (Å²) in [6.45, 7) is 10.6. The minimum Gasteiger partial charge on any atom is -0.480 e. The van der Waals surface area contributed by atoms with Gasteiger partial charge in [-0.05, 0) is 5.41 Å². The monoisotopic (exact) mass is 288 g/mol. The predicted molar refractivity (Wildman–Crippen MR) is 72.2 cm³/mol. The molecule has 0 amide bonds. The van der Waals surface area contributed by atoms with Gasteiger partial charge in [0, 0.05) is 12.3 Å². The topological polar surface area (TPSA) is 101 Å². The first-order chi connectivity index (χ1) is 8.69. The van der Waals surface area contributed by atoms with Crippen molar-refractivity contribution in [3.8, 4) is 0 Å². The molecule has 0 aliphatic rings. The van der Waals surface area contributed by atoms with E-state index in [1.54, 1.807) is 20.8 Å². The van der Waals surface area contributed by atoms with Crippen molar-refractivity contribution in [3.63, 3.8) is 0 Å². The van der Waals surface area contributed by atoms with E-state index in [1.165, 1.54) is 20.8 Å². The summed E-state index contributed by atoms with van der Waals surface area (Å²) in [6, 6.07) is 0. The summed E-state index contributed by atoms with van der Waals surface area (Å²) in [5, 5.41) is 19.2. The summed E-state index contributed by atoms with van der Waals surface area (Å²) in [4.78, 5) is 34.9. The van der Waals surface area contributed by atoms with Gasteiger partial charge >= 0.3 is 17.9 Å². The van der Waals surface area contributed by atoms with Crippen LogP contribution in [0.2, 0.25) is 0 Å². The summed E-state index contributed by atoms with van der Waals surface area (Å²) in [7, 11) is 0. The molecule has 0 aromatic rings. The standard InChI is InChI=1S/C14H24O6/c1-8(15)20-9(12(2,3)4)14(10(16)17,11(18)19)13(5,6)7/h9H,1-7H3,(H,16,17)(H,18,19). The summed E-state index contributed by atoms with van der Waals surface area (Å²) in [6.07, 6.45) is -1.30. The van der Waals surface area contributed by atoms with Crippen molar-refractivity contribution < 1.29 is 29.3 Å². The first kappa shape index (κ1) is 18.4. The number of esters is 1. The number of ether oxygens (including phenoxy) is 1. The predicted octanol–water partition coefficient (Wildman–Crippen LogP) is 2.17. The summed E-state index contributed by atoms with van der Waals surface area (Å²) in [5.41, 5.74) is -4.25. The number of carboxylic acids is 2. The van der Waals surface area contributed by atoms with Gasteiger partial charge in [0.1, 0.15) is 6.10 Å². The molecule has 0 fully saturated rings. The average molecular weight is 288 g/mol. The van der Waals surface area contributed by atoms with Crippen LogP contribution in [0.1, 0.15) is 48.5 Å². The lowest BCUT2D eigenvalue weighted by Crippen LogP contribution is -2.62. The van der Waals surface area contributed by atoms with Crippen LogP contribution < -0.4 is 0 Å². The molecule has 0 aromatic carbocycles. The Morgan fingerprint density at radius 1 is 0.900 bits per heavy atom. The van der Waals surface area contributed by atoms with Gasteiger partial charge in [0.2, 0.25) is 5.41 Å². The molecule has 6 nitrogen and oxygen atoms in total. The fraction of sp³-hybridized carbons (Fsp3) is 0.786. The van der Waals surface area contributed by atoms with Gasteiger partial charge in [-0.3, -0.25) is 14.4 Å². The zero-order valence-corrected chi connectivity index (χ0v) is 13.1. The van der Waals surface area contributed by atoms with Crippen LogP contribution in [0.15, 0.2) is 0 Å². The molecule has 1 unspecified atom stereocenters. The van der Waals surface area contributed by atoms with Crippen LogP contribution in [0, 0.1) is 16.2 Å². The van der Waals surface area contributed by atoms with Gasteiger partial charge in [-0.2, -0.15) is 0 Å². The third-order valence-corrected chi connectivity index (χ3v) is 3.32. The molecule has 0 saturated carbocycles. The van der Waals surface area contributed by atoms with Crippen molar-refractivity contribution in [1.82, 2.24) is 0 Å². The zero-order chi connectivity index (χ0) is 16.5. The largest absolute Gasteiger partial charge is 0.480 e. The smallest absolute Gasteiger partial charge is 0.325 e. The first-order valence-electron chi connectivity index (χ1n) is 6.33. The Hall–Kier alpha value is -1.59. The van der Waals surface area contributed by atoms with Gasteiger partial charge in [-0.25, -0.2) is 0 Å². The van der Waals surface area contributed by atoms with Crippen LogP contribution in [0.25, 0.3) is 0 Å². The van der Waals surface area contributed by atoms with Gasteiger partial charge in [0.15, 0.2) is 0 Å². The molecule has 0 aromatic heterocycles. The third-order valence-electron chi connectivity index (χ3n) is 3.32. The lowest BCUT2D eigenvalue weighted by Gasteiger charge is -2.47. The fourth-order valence-electron chi connectivity index (χ4n) is 2.43. The second-order valence-corrected chi connectivity index (χ2v) is 7.02. The highest BCUT2D eigenvalue weighted by Gasteiger charge is 2.65. The van der Waals surface area contributed by atoms with Crippen molar-refractivity contribution >= 4 is 17.9 Å². The van der Waals surface area contributed by atoms with Crippen LogP contribution in [0.5, 0.6) is 0 Å². The van der Waals surface area contributed by atoms with Gasteiger partial charge in [0.05, 0.1) is 0 Å². The Kier molecular flexibility index (Phi) is 4.99. The van der Waals surface area contributed by atoms with Crippen LogP contribution in [0.3, 0.4) is 0 Å². The van der Waals surface area contributed by atoms with Crippen LogP contribution in [-0.2, 0) is 19.1 Å². The van der Waals surface area contributed by atoms with E-state index in [9.17, 15) is 24.6 Å². The second kappa shape index (κ2) is 5.42. The summed E-state index contributed by atoms with van der Waals surface area (Å²) >= 11 is 0. The zero-order valence-electron chi connectivity index (χ0n) is 13.1. The third kappa shape index (κ3) is 3.11. The maximum atomic E-state index is 11.8. The lowest BCUT2D eigenvalue weighted by atomic mass is 9.58. The van der Waals surface area contributed by atoms with E-state index < -0.39 is 40.3 Å². The fourth-order valence-corrected chi connectivity index (χ4v) is 2.43. The summed E-state index contributed by atoms with van der Waals surface area (Å²) in [5.74, 6) is -3.74. The Balaban J connectivity index is 6.38. The molecule has 2 N–H and O–H groups in total. The van der Waals surface area contributed by atoms with E-state index in [2.05, 4.69) is 0 Å². The molecule has 0 heterocycles. The van der Waals surface area contributed by atoms with Gasteiger partial charge in [-0.15, -0.1) is 0 Å². The van der Waals surface area contributed by atoms with E-state index in [4.69, 9.17) is 4.74 Å². The molecule has 0 radical (unpaired) electrons. The number of hydrogen-bond acceptors (Lipinski definition) is 4.